The molecule has 4 heterocycles. The molecule has 2 aromatic rings. The van der Waals surface area contributed by atoms with E-state index in [9.17, 15) is 9.59 Å². The minimum absolute atomic E-state index is 0.0571. The number of nitrogens with one attached hydrogen (secondary N) is 1. The number of ether oxygens (including phenoxy) is 1. The van der Waals surface area contributed by atoms with Crippen molar-refractivity contribution in [3.8, 4) is 0 Å². The summed E-state index contributed by atoms with van der Waals surface area (Å²) in [7, 11) is 0. The lowest BCUT2D eigenvalue weighted by molar-refractivity contribution is -0.137. The van der Waals surface area contributed by atoms with E-state index >= 15 is 0 Å². The number of pyridine rings is 1. The number of hydrogen-bond donors (Lipinski definition) is 1. The van der Waals surface area contributed by atoms with Gasteiger partial charge in [0.05, 0.1) is 24.5 Å². The number of carbonyl (C=O) groups is 2. The lowest BCUT2D eigenvalue weighted by atomic mass is 9.77. The molecule has 29 heavy (non-hydrogen) atoms. The van der Waals surface area contributed by atoms with E-state index < -0.39 is 17.4 Å². The average Bonchev–Trinajstić information content (AvgIpc) is 3.37. The van der Waals surface area contributed by atoms with Crippen LogP contribution in [-0.4, -0.2) is 39.9 Å². The maximum absolute atomic E-state index is 13.3. The van der Waals surface area contributed by atoms with Gasteiger partial charge >= 0.3 is 0 Å². The molecule has 148 valence electrons. The zero-order valence-corrected chi connectivity index (χ0v) is 16.4. The fourth-order valence-corrected chi connectivity index (χ4v) is 4.85. The summed E-state index contributed by atoms with van der Waals surface area (Å²) in [6, 6.07) is 11.2. The van der Waals surface area contributed by atoms with Gasteiger partial charge < -0.3 is 15.0 Å². The van der Waals surface area contributed by atoms with Crippen molar-refractivity contribution < 1.29 is 14.3 Å². The molecule has 0 saturated carbocycles. The highest BCUT2D eigenvalue weighted by molar-refractivity contribution is 6.31. The summed E-state index contributed by atoms with van der Waals surface area (Å²) in [6.45, 7) is 1.21. The Kier molecular flexibility index (Phi) is 4.41. The van der Waals surface area contributed by atoms with Crippen molar-refractivity contribution in [2.45, 2.75) is 24.8 Å². The Morgan fingerprint density at radius 3 is 2.97 bits per heavy atom. The van der Waals surface area contributed by atoms with E-state index in [2.05, 4.69) is 10.3 Å². The van der Waals surface area contributed by atoms with Crippen molar-refractivity contribution in [3.63, 3.8) is 0 Å². The second kappa shape index (κ2) is 6.97. The maximum atomic E-state index is 13.3. The highest BCUT2D eigenvalue weighted by Gasteiger charge is 2.66. The van der Waals surface area contributed by atoms with Crippen LogP contribution in [0.1, 0.15) is 11.1 Å². The molecule has 1 N–H and O–H groups in total. The lowest BCUT2D eigenvalue weighted by Gasteiger charge is -2.23. The van der Waals surface area contributed by atoms with Crippen molar-refractivity contribution in [1.82, 2.24) is 15.2 Å². The Morgan fingerprint density at radius 2 is 2.17 bits per heavy atom. The number of benzene rings is 1. The molecule has 1 spiro atoms. The van der Waals surface area contributed by atoms with Gasteiger partial charge in [0.25, 0.3) is 0 Å². The van der Waals surface area contributed by atoms with Crippen LogP contribution in [0.15, 0.2) is 60.9 Å². The molecule has 2 saturated heterocycles. The van der Waals surface area contributed by atoms with Gasteiger partial charge in [0.15, 0.2) is 0 Å². The molecule has 7 heteroatoms. The summed E-state index contributed by atoms with van der Waals surface area (Å²) in [4.78, 5) is 32.0. The van der Waals surface area contributed by atoms with Gasteiger partial charge in [0.2, 0.25) is 11.8 Å². The Hall–Kier alpha value is -2.70. The third kappa shape index (κ3) is 3.03. The molecule has 5 rings (SSSR count). The van der Waals surface area contributed by atoms with Crippen LogP contribution in [0.25, 0.3) is 0 Å². The second-order valence-corrected chi connectivity index (χ2v) is 8.17. The van der Waals surface area contributed by atoms with Crippen LogP contribution in [0, 0.1) is 11.8 Å². The highest BCUT2D eigenvalue weighted by Crippen LogP contribution is 2.52. The summed E-state index contributed by atoms with van der Waals surface area (Å²) in [5.74, 6) is -1.25. The smallest absolute Gasteiger partial charge is 0.230 e. The third-order valence-electron chi connectivity index (χ3n) is 5.99. The molecular formula is C22H20ClN3O3. The lowest BCUT2D eigenvalue weighted by Crippen LogP contribution is -2.43. The van der Waals surface area contributed by atoms with Crippen LogP contribution in [0.2, 0.25) is 5.02 Å². The Labute approximate surface area is 173 Å². The van der Waals surface area contributed by atoms with E-state index in [0.29, 0.717) is 24.7 Å². The normalized spacial score (nSPS) is 29.3. The van der Waals surface area contributed by atoms with E-state index in [-0.39, 0.29) is 17.9 Å². The van der Waals surface area contributed by atoms with Gasteiger partial charge in [-0.05, 0) is 23.3 Å². The van der Waals surface area contributed by atoms with E-state index in [4.69, 9.17) is 16.3 Å². The number of halogens is 1. The first kappa shape index (κ1) is 18.3. The monoisotopic (exact) mass is 409 g/mol. The number of hydrogen-bond acceptors (Lipinski definition) is 4. The van der Waals surface area contributed by atoms with Crippen molar-refractivity contribution >= 4 is 23.4 Å². The van der Waals surface area contributed by atoms with Crippen LogP contribution >= 0.6 is 11.6 Å². The van der Waals surface area contributed by atoms with Crippen molar-refractivity contribution in [3.05, 3.63) is 77.1 Å². The van der Waals surface area contributed by atoms with Gasteiger partial charge in [-0.1, -0.05) is 48.0 Å². The van der Waals surface area contributed by atoms with Crippen molar-refractivity contribution in [1.29, 1.82) is 0 Å². The number of likely N-dealkylation sites (tertiary alicyclic amines) is 1. The predicted octanol–water partition coefficient (Wildman–Crippen LogP) is 2.33. The van der Waals surface area contributed by atoms with E-state index in [1.807, 2.05) is 48.6 Å². The molecule has 4 atom stereocenters. The number of fused-ring (bicyclic) bond motifs is 1. The van der Waals surface area contributed by atoms with Gasteiger partial charge in [-0.3, -0.25) is 14.6 Å². The predicted molar refractivity (Wildman–Crippen MR) is 107 cm³/mol. The molecule has 2 fully saturated rings. The molecule has 2 amide bonds. The number of amides is 2. The second-order valence-electron chi connectivity index (χ2n) is 7.76. The number of nitrogens with zero attached hydrogens (tertiary/aromatic N) is 2. The van der Waals surface area contributed by atoms with Gasteiger partial charge in [-0.25, -0.2) is 0 Å². The summed E-state index contributed by atoms with van der Waals surface area (Å²) < 4.78 is 6.16. The topological polar surface area (TPSA) is 71.5 Å². The molecule has 0 unspecified atom stereocenters. The molecule has 3 aliphatic rings. The zero-order chi connectivity index (χ0) is 20.0. The largest absolute Gasteiger partial charge is 0.360 e. The molecule has 0 radical (unpaired) electrons. The van der Waals surface area contributed by atoms with Crippen LogP contribution in [0.5, 0.6) is 0 Å². The van der Waals surface area contributed by atoms with Crippen molar-refractivity contribution in [2.75, 3.05) is 6.54 Å². The fraction of sp³-hybridized carbons (Fsp3) is 0.318. The first-order valence-electron chi connectivity index (χ1n) is 9.63. The molecule has 2 bridgehead atoms. The SMILES string of the molecule is O=C(NCc1cccnc1)[C@H]1[C@@H]2C=C[C@@]3(CN(Cc4ccccc4Cl)C(=O)[C@H]13)O2. The van der Waals surface area contributed by atoms with E-state index in [0.717, 1.165) is 11.1 Å². The average molecular weight is 410 g/mol. The van der Waals surface area contributed by atoms with Crippen LogP contribution in [0.4, 0.5) is 0 Å². The van der Waals surface area contributed by atoms with Gasteiger partial charge in [-0.15, -0.1) is 0 Å². The first-order chi connectivity index (χ1) is 14.1. The Bertz CT molecular complexity index is 996. The van der Waals surface area contributed by atoms with E-state index in [1.54, 1.807) is 17.3 Å². The van der Waals surface area contributed by atoms with Gasteiger partial charge in [0.1, 0.15) is 5.60 Å². The summed E-state index contributed by atoms with van der Waals surface area (Å²) in [5.41, 5.74) is 1.07. The molecule has 0 aliphatic carbocycles. The summed E-state index contributed by atoms with van der Waals surface area (Å²) in [6.07, 6.45) is 6.91. The minimum Gasteiger partial charge on any atom is -0.360 e. The summed E-state index contributed by atoms with van der Waals surface area (Å²) >= 11 is 6.27. The number of carbonyl (C=O) groups excluding carboxylic acids is 2. The standard InChI is InChI=1S/C22H20ClN3O3/c23-16-6-2-1-5-15(16)12-26-13-22-8-7-17(29-22)18(19(22)21(26)28)20(27)25-11-14-4-3-9-24-10-14/h1-10,17-19H,11-13H2,(H,25,27)/t17-,18-,19-,22-/m0/s1. The van der Waals surface area contributed by atoms with Crippen LogP contribution in [0.3, 0.4) is 0 Å². The minimum atomic E-state index is -0.723. The molecule has 3 aliphatic heterocycles. The first-order valence-corrected chi connectivity index (χ1v) is 10.0. The molecule has 6 nitrogen and oxygen atoms in total. The number of aromatic nitrogens is 1. The molecular weight excluding hydrogens is 390 g/mol. The quantitative estimate of drug-likeness (QED) is 0.769. The third-order valence-corrected chi connectivity index (χ3v) is 6.36. The summed E-state index contributed by atoms with van der Waals surface area (Å²) in [5, 5.41) is 3.57. The van der Waals surface area contributed by atoms with Gasteiger partial charge in [0, 0.05) is 30.5 Å². The fourth-order valence-electron chi connectivity index (χ4n) is 4.65. The molecule has 1 aromatic carbocycles. The highest BCUT2D eigenvalue weighted by atomic mass is 35.5. The maximum Gasteiger partial charge on any atom is 0.230 e. The van der Waals surface area contributed by atoms with Crippen LogP contribution < -0.4 is 5.32 Å². The Morgan fingerprint density at radius 1 is 1.31 bits per heavy atom. The van der Waals surface area contributed by atoms with Crippen molar-refractivity contribution in [2.24, 2.45) is 11.8 Å². The molecule has 1 aromatic heterocycles. The van der Waals surface area contributed by atoms with Gasteiger partial charge in [-0.2, -0.15) is 0 Å². The Balaban J connectivity index is 1.34. The number of rotatable bonds is 5. The van der Waals surface area contributed by atoms with E-state index in [1.165, 1.54) is 0 Å². The van der Waals surface area contributed by atoms with Crippen LogP contribution in [-0.2, 0) is 27.4 Å². The zero-order valence-electron chi connectivity index (χ0n) is 15.6.